The molecule has 1 fully saturated rings. The first-order valence-electron chi connectivity index (χ1n) is 7.02. The van der Waals surface area contributed by atoms with E-state index in [1.54, 1.807) is 0 Å². The van der Waals surface area contributed by atoms with Crippen molar-refractivity contribution in [1.82, 2.24) is 10.2 Å². The third kappa shape index (κ3) is 2.45. The Hall–Kier alpha value is -1.55. The van der Waals surface area contributed by atoms with E-state index in [-0.39, 0.29) is 18.0 Å². The molecule has 0 radical (unpaired) electrons. The van der Waals surface area contributed by atoms with Crippen molar-refractivity contribution < 1.29 is 9.53 Å². The highest BCUT2D eigenvalue weighted by Gasteiger charge is 2.29. The maximum Gasteiger partial charge on any atom is 0.239 e. The molecule has 2 heterocycles. The Morgan fingerprint density at radius 1 is 1.37 bits per heavy atom. The molecule has 1 aromatic carbocycles. The van der Waals surface area contributed by atoms with Gasteiger partial charge in [-0.3, -0.25) is 10.1 Å². The van der Waals surface area contributed by atoms with Crippen LogP contribution in [-0.2, 0) is 4.79 Å². The Kier molecular flexibility index (Phi) is 3.42. The molecule has 2 aliphatic heterocycles. The molecule has 1 amide bonds. The van der Waals surface area contributed by atoms with Gasteiger partial charge in [-0.05, 0) is 25.8 Å². The molecule has 102 valence electrons. The van der Waals surface area contributed by atoms with Crippen molar-refractivity contribution in [2.75, 3.05) is 19.7 Å². The number of ether oxygens (including phenoxy) is 1. The van der Waals surface area contributed by atoms with Gasteiger partial charge in [0.05, 0.1) is 12.1 Å². The molecule has 0 saturated carbocycles. The largest absolute Gasteiger partial charge is 0.491 e. The fourth-order valence-corrected chi connectivity index (χ4v) is 2.89. The number of nitrogens with one attached hydrogen (secondary N) is 1. The van der Waals surface area contributed by atoms with Crippen molar-refractivity contribution in [3.05, 3.63) is 29.8 Å². The summed E-state index contributed by atoms with van der Waals surface area (Å²) < 4.78 is 5.63. The molecule has 4 nitrogen and oxygen atoms in total. The Morgan fingerprint density at radius 3 is 2.89 bits per heavy atom. The number of carbonyl (C=O) groups is 1. The second-order valence-electron chi connectivity index (χ2n) is 5.32. The van der Waals surface area contributed by atoms with Crippen LogP contribution in [0.5, 0.6) is 5.75 Å². The Labute approximate surface area is 113 Å². The number of amides is 1. The van der Waals surface area contributed by atoms with E-state index in [0.29, 0.717) is 6.61 Å². The molecule has 2 unspecified atom stereocenters. The van der Waals surface area contributed by atoms with Crippen LogP contribution in [0.15, 0.2) is 24.3 Å². The molecule has 0 aromatic heterocycles. The van der Waals surface area contributed by atoms with Gasteiger partial charge in [-0.15, -0.1) is 0 Å². The predicted molar refractivity (Wildman–Crippen MR) is 73.1 cm³/mol. The lowest BCUT2D eigenvalue weighted by molar-refractivity contribution is -0.132. The summed E-state index contributed by atoms with van der Waals surface area (Å²) in [6.45, 7) is 4.36. The van der Waals surface area contributed by atoms with Gasteiger partial charge in [-0.1, -0.05) is 18.2 Å². The SMILES string of the molecule is CC(NC1COc2ccccc21)C(=O)N1CCCC1. The van der Waals surface area contributed by atoms with Crippen LogP contribution in [0.2, 0.25) is 0 Å². The fourth-order valence-electron chi connectivity index (χ4n) is 2.89. The number of fused-ring (bicyclic) bond motifs is 1. The summed E-state index contributed by atoms with van der Waals surface area (Å²) in [5.41, 5.74) is 1.16. The van der Waals surface area contributed by atoms with E-state index >= 15 is 0 Å². The standard InChI is InChI=1S/C15H20N2O2/c1-11(15(18)17-8-4-5-9-17)16-13-10-19-14-7-3-2-6-12(13)14/h2-3,6-7,11,13,16H,4-5,8-10H2,1H3. The predicted octanol–water partition coefficient (Wildman–Crippen LogP) is 1.72. The van der Waals surface area contributed by atoms with E-state index in [1.165, 1.54) is 0 Å². The molecule has 19 heavy (non-hydrogen) atoms. The Morgan fingerprint density at radius 2 is 2.11 bits per heavy atom. The first-order chi connectivity index (χ1) is 9.25. The van der Waals surface area contributed by atoms with Crippen molar-refractivity contribution >= 4 is 5.91 Å². The van der Waals surface area contributed by atoms with Crippen LogP contribution >= 0.6 is 0 Å². The molecule has 1 saturated heterocycles. The summed E-state index contributed by atoms with van der Waals surface area (Å²) in [5.74, 6) is 1.14. The van der Waals surface area contributed by atoms with Crippen LogP contribution < -0.4 is 10.1 Å². The molecule has 0 bridgehead atoms. The second kappa shape index (κ2) is 5.21. The van der Waals surface area contributed by atoms with Gasteiger partial charge in [-0.2, -0.15) is 0 Å². The number of carbonyl (C=O) groups excluding carboxylic acids is 1. The minimum atomic E-state index is -0.155. The van der Waals surface area contributed by atoms with Crippen LogP contribution in [0, 0.1) is 0 Å². The van der Waals surface area contributed by atoms with E-state index in [1.807, 2.05) is 30.0 Å². The van der Waals surface area contributed by atoms with Crippen LogP contribution in [0.3, 0.4) is 0 Å². The summed E-state index contributed by atoms with van der Waals surface area (Å²) in [5, 5.41) is 3.40. The summed E-state index contributed by atoms with van der Waals surface area (Å²) in [7, 11) is 0. The molecule has 3 rings (SSSR count). The lowest BCUT2D eigenvalue weighted by Crippen LogP contribution is -2.45. The van der Waals surface area contributed by atoms with E-state index in [9.17, 15) is 4.79 Å². The number of nitrogens with zero attached hydrogens (tertiary/aromatic N) is 1. The Bertz CT molecular complexity index is 469. The minimum Gasteiger partial charge on any atom is -0.491 e. The first-order valence-corrected chi connectivity index (χ1v) is 7.02. The quantitative estimate of drug-likeness (QED) is 0.899. The van der Waals surface area contributed by atoms with E-state index in [4.69, 9.17) is 4.74 Å². The molecule has 0 aliphatic carbocycles. The van der Waals surface area contributed by atoms with Crippen molar-refractivity contribution in [1.29, 1.82) is 0 Å². The summed E-state index contributed by atoms with van der Waals surface area (Å²) in [6, 6.07) is 7.99. The number of benzene rings is 1. The highest BCUT2D eigenvalue weighted by Crippen LogP contribution is 2.32. The molecule has 0 spiro atoms. The van der Waals surface area contributed by atoms with Gasteiger partial charge in [-0.25, -0.2) is 0 Å². The average molecular weight is 260 g/mol. The molecule has 1 aromatic rings. The maximum absolute atomic E-state index is 12.3. The number of hydrogen-bond acceptors (Lipinski definition) is 3. The van der Waals surface area contributed by atoms with Gasteiger partial charge in [0.1, 0.15) is 12.4 Å². The molecule has 2 atom stereocenters. The molecular formula is C15H20N2O2. The maximum atomic E-state index is 12.3. The van der Waals surface area contributed by atoms with Crippen LogP contribution in [0.25, 0.3) is 0 Å². The zero-order chi connectivity index (χ0) is 13.2. The fraction of sp³-hybridized carbons (Fsp3) is 0.533. The molecule has 4 heteroatoms. The molecular weight excluding hydrogens is 240 g/mol. The van der Waals surface area contributed by atoms with Gasteiger partial charge in [0.25, 0.3) is 0 Å². The van der Waals surface area contributed by atoms with Crippen molar-refractivity contribution in [3.63, 3.8) is 0 Å². The third-order valence-corrected chi connectivity index (χ3v) is 3.94. The average Bonchev–Trinajstić information content (AvgIpc) is 3.08. The molecule has 1 N–H and O–H groups in total. The zero-order valence-electron chi connectivity index (χ0n) is 11.3. The van der Waals surface area contributed by atoms with Gasteiger partial charge in [0.15, 0.2) is 0 Å². The van der Waals surface area contributed by atoms with E-state index in [0.717, 1.165) is 37.2 Å². The van der Waals surface area contributed by atoms with Crippen molar-refractivity contribution in [2.24, 2.45) is 0 Å². The van der Waals surface area contributed by atoms with Gasteiger partial charge < -0.3 is 9.64 Å². The highest BCUT2D eigenvalue weighted by atomic mass is 16.5. The Balaban J connectivity index is 1.64. The lowest BCUT2D eigenvalue weighted by atomic mass is 10.1. The van der Waals surface area contributed by atoms with Gasteiger partial charge in [0.2, 0.25) is 5.91 Å². The van der Waals surface area contributed by atoms with Gasteiger partial charge in [0, 0.05) is 18.7 Å². The molecule has 2 aliphatic rings. The lowest BCUT2D eigenvalue weighted by Gasteiger charge is -2.23. The summed E-state index contributed by atoms with van der Waals surface area (Å²) >= 11 is 0. The smallest absolute Gasteiger partial charge is 0.239 e. The number of likely N-dealkylation sites (tertiary alicyclic amines) is 1. The number of rotatable bonds is 3. The van der Waals surface area contributed by atoms with Gasteiger partial charge >= 0.3 is 0 Å². The van der Waals surface area contributed by atoms with E-state index in [2.05, 4.69) is 11.4 Å². The summed E-state index contributed by atoms with van der Waals surface area (Å²) in [4.78, 5) is 14.2. The van der Waals surface area contributed by atoms with E-state index < -0.39 is 0 Å². The summed E-state index contributed by atoms with van der Waals surface area (Å²) in [6.07, 6.45) is 2.27. The zero-order valence-corrected chi connectivity index (χ0v) is 11.3. The normalized spacial score (nSPS) is 23.0. The van der Waals surface area contributed by atoms with Crippen LogP contribution in [0.4, 0.5) is 0 Å². The highest BCUT2D eigenvalue weighted by molar-refractivity contribution is 5.81. The monoisotopic (exact) mass is 260 g/mol. The second-order valence-corrected chi connectivity index (χ2v) is 5.32. The van der Waals surface area contributed by atoms with Crippen LogP contribution in [0.1, 0.15) is 31.4 Å². The van der Waals surface area contributed by atoms with Crippen molar-refractivity contribution in [3.8, 4) is 5.75 Å². The number of hydrogen-bond donors (Lipinski definition) is 1. The third-order valence-electron chi connectivity index (χ3n) is 3.94. The topological polar surface area (TPSA) is 41.6 Å². The minimum absolute atomic E-state index is 0.123. The van der Waals surface area contributed by atoms with Crippen LogP contribution in [-0.4, -0.2) is 36.5 Å². The van der Waals surface area contributed by atoms with Crippen molar-refractivity contribution in [2.45, 2.75) is 31.8 Å². The first kappa shape index (κ1) is 12.5. The number of para-hydroxylation sites is 1.